The molecule has 4 heteroatoms. The van der Waals surface area contributed by atoms with Crippen LogP contribution >= 0.6 is 0 Å². The van der Waals surface area contributed by atoms with Crippen LogP contribution in [0.1, 0.15) is 34.1 Å². The molecule has 1 aliphatic heterocycles. The van der Waals surface area contributed by atoms with E-state index in [0.717, 1.165) is 19.5 Å². The first-order chi connectivity index (χ1) is 6.70. The van der Waals surface area contributed by atoms with E-state index in [2.05, 4.69) is 24.2 Å². The van der Waals surface area contributed by atoms with E-state index < -0.39 is 5.60 Å². The lowest BCUT2D eigenvalue weighted by atomic mass is 10.0. The Hall–Kier alpha value is -0.770. The van der Waals surface area contributed by atoms with Gasteiger partial charge in [0.2, 0.25) is 0 Å². The third-order valence-electron chi connectivity index (χ3n) is 2.47. The second kappa shape index (κ2) is 4.00. The van der Waals surface area contributed by atoms with Gasteiger partial charge in [-0.1, -0.05) is 0 Å². The molecule has 1 heterocycles. The van der Waals surface area contributed by atoms with Gasteiger partial charge in [0.05, 0.1) is 5.54 Å². The van der Waals surface area contributed by atoms with Crippen molar-refractivity contribution in [2.24, 2.45) is 0 Å². The van der Waals surface area contributed by atoms with Crippen molar-refractivity contribution in [3.8, 4) is 0 Å². The van der Waals surface area contributed by atoms with E-state index in [1.807, 2.05) is 20.8 Å². The number of nitrogens with zero attached hydrogens (tertiary/aromatic N) is 1. The molecule has 0 spiro atoms. The van der Waals surface area contributed by atoms with Crippen molar-refractivity contribution in [1.82, 2.24) is 10.2 Å². The van der Waals surface area contributed by atoms with Crippen LogP contribution in [0.5, 0.6) is 0 Å². The van der Waals surface area contributed by atoms with E-state index in [4.69, 9.17) is 4.74 Å². The summed E-state index contributed by atoms with van der Waals surface area (Å²) in [6.45, 7) is 9.57. The lowest BCUT2D eigenvalue weighted by molar-refractivity contribution is 0.0468. The predicted octanol–water partition coefficient (Wildman–Crippen LogP) is 1.61. The summed E-state index contributed by atoms with van der Waals surface area (Å²) >= 11 is 0. The highest BCUT2D eigenvalue weighted by atomic mass is 16.6. The number of likely N-dealkylation sites (N-methyl/N-ethyl adjacent to an activating group) is 1. The molecule has 15 heavy (non-hydrogen) atoms. The number of carbonyl (C=O) groups excluding carboxylic acids is 1. The standard InChI is InChI=1S/C11H22N2O2/c1-10(2,3)15-9(14)12-11(4)6-7-13(5)8-11/h6-8H2,1-5H3,(H,12,14). The van der Waals surface area contributed by atoms with Crippen LogP contribution in [-0.2, 0) is 4.74 Å². The minimum atomic E-state index is -0.426. The highest BCUT2D eigenvalue weighted by Crippen LogP contribution is 2.19. The van der Waals surface area contributed by atoms with E-state index in [1.54, 1.807) is 0 Å². The van der Waals surface area contributed by atoms with E-state index >= 15 is 0 Å². The van der Waals surface area contributed by atoms with Crippen molar-refractivity contribution in [3.63, 3.8) is 0 Å². The lowest BCUT2D eigenvalue weighted by Crippen LogP contribution is -2.49. The highest BCUT2D eigenvalue weighted by Gasteiger charge is 2.34. The summed E-state index contributed by atoms with van der Waals surface area (Å²) in [7, 11) is 2.06. The molecule has 1 aliphatic rings. The topological polar surface area (TPSA) is 41.6 Å². The van der Waals surface area contributed by atoms with E-state index in [9.17, 15) is 4.79 Å². The van der Waals surface area contributed by atoms with Crippen molar-refractivity contribution in [3.05, 3.63) is 0 Å². The Balaban J connectivity index is 2.45. The lowest BCUT2D eigenvalue weighted by Gasteiger charge is -2.28. The number of nitrogens with one attached hydrogen (secondary N) is 1. The number of ether oxygens (including phenoxy) is 1. The Morgan fingerprint density at radius 3 is 2.47 bits per heavy atom. The molecule has 1 amide bonds. The largest absolute Gasteiger partial charge is 0.444 e. The predicted molar refractivity (Wildman–Crippen MR) is 59.9 cm³/mol. The molecular formula is C11H22N2O2. The number of amides is 1. The number of hydrogen-bond acceptors (Lipinski definition) is 3. The zero-order valence-electron chi connectivity index (χ0n) is 10.4. The van der Waals surface area contributed by atoms with Crippen LogP contribution < -0.4 is 5.32 Å². The number of hydrogen-bond donors (Lipinski definition) is 1. The molecule has 1 N–H and O–H groups in total. The van der Waals surface area contributed by atoms with Gasteiger partial charge in [-0.05, 0) is 41.2 Å². The van der Waals surface area contributed by atoms with Gasteiger partial charge in [-0.15, -0.1) is 0 Å². The molecular weight excluding hydrogens is 192 g/mol. The molecule has 88 valence electrons. The van der Waals surface area contributed by atoms with Crippen molar-refractivity contribution < 1.29 is 9.53 Å². The third-order valence-corrected chi connectivity index (χ3v) is 2.47. The molecule has 0 aromatic heterocycles. The highest BCUT2D eigenvalue weighted by molar-refractivity contribution is 5.68. The smallest absolute Gasteiger partial charge is 0.408 e. The van der Waals surface area contributed by atoms with E-state index in [0.29, 0.717) is 0 Å². The maximum atomic E-state index is 11.6. The first-order valence-electron chi connectivity index (χ1n) is 5.40. The van der Waals surface area contributed by atoms with Gasteiger partial charge in [0.25, 0.3) is 0 Å². The third kappa shape index (κ3) is 4.08. The normalized spacial score (nSPS) is 27.8. The maximum absolute atomic E-state index is 11.6. The van der Waals surface area contributed by atoms with Crippen LogP contribution in [-0.4, -0.2) is 42.3 Å². The average Bonchev–Trinajstić information content (AvgIpc) is 2.25. The Labute approximate surface area is 92.0 Å². The molecule has 1 atom stereocenters. The Morgan fingerprint density at radius 2 is 2.07 bits per heavy atom. The Bertz CT molecular complexity index is 247. The molecule has 1 unspecified atom stereocenters. The summed E-state index contributed by atoms with van der Waals surface area (Å²) in [5.74, 6) is 0. The number of carbonyl (C=O) groups is 1. The Kier molecular flexibility index (Phi) is 3.28. The van der Waals surface area contributed by atoms with Gasteiger partial charge in [-0.3, -0.25) is 0 Å². The van der Waals surface area contributed by atoms with Gasteiger partial charge in [0.1, 0.15) is 5.60 Å². The van der Waals surface area contributed by atoms with Gasteiger partial charge in [0, 0.05) is 13.1 Å². The fraction of sp³-hybridized carbons (Fsp3) is 0.909. The molecule has 0 aromatic rings. The molecule has 1 saturated heterocycles. The maximum Gasteiger partial charge on any atom is 0.408 e. The van der Waals surface area contributed by atoms with Crippen LogP contribution in [0, 0.1) is 0 Å². The first kappa shape index (κ1) is 12.3. The van der Waals surface area contributed by atoms with Gasteiger partial charge in [0.15, 0.2) is 0 Å². The summed E-state index contributed by atoms with van der Waals surface area (Å²) in [6, 6.07) is 0. The molecule has 0 aliphatic carbocycles. The van der Waals surface area contributed by atoms with Gasteiger partial charge < -0.3 is 15.0 Å². The van der Waals surface area contributed by atoms with Crippen molar-refractivity contribution >= 4 is 6.09 Å². The molecule has 1 rings (SSSR count). The quantitative estimate of drug-likeness (QED) is 0.721. The number of likely N-dealkylation sites (tertiary alicyclic amines) is 1. The molecule has 0 aromatic carbocycles. The van der Waals surface area contributed by atoms with Crippen molar-refractivity contribution in [1.29, 1.82) is 0 Å². The summed E-state index contributed by atoms with van der Waals surface area (Å²) in [4.78, 5) is 13.8. The average molecular weight is 214 g/mol. The summed E-state index contributed by atoms with van der Waals surface area (Å²) in [5.41, 5.74) is -0.567. The first-order valence-corrected chi connectivity index (χ1v) is 5.40. The molecule has 0 radical (unpaired) electrons. The van der Waals surface area contributed by atoms with Gasteiger partial charge in [-0.2, -0.15) is 0 Å². The van der Waals surface area contributed by atoms with Crippen LogP contribution in [0.2, 0.25) is 0 Å². The SMILES string of the molecule is CN1CCC(C)(NC(=O)OC(C)(C)C)C1. The zero-order valence-corrected chi connectivity index (χ0v) is 10.4. The van der Waals surface area contributed by atoms with Crippen LogP contribution in [0.25, 0.3) is 0 Å². The molecule has 4 nitrogen and oxygen atoms in total. The summed E-state index contributed by atoms with van der Waals surface area (Å²) in [5, 5.41) is 2.94. The fourth-order valence-corrected chi connectivity index (χ4v) is 1.84. The van der Waals surface area contributed by atoms with Crippen molar-refractivity contribution in [2.75, 3.05) is 20.1 Å². The minimum absolute atomic E-state index is 0.142. The monoisotopic (exact) mass is 214 g/mol. The molecule has 0 saturated carbocycles. The number of alkyl carbamates (subject to hydrolysis) is 1. The van der Waals surface area contributed by atoms with E-state index in [-0.39, 0.29) is 11.6 Å². The minimum Gasteiger partial charge on any atom is -0.444 e. The summed E-state index contributed by atoms with van der Waals surface area (Å²) in [6.07, 6.45) is 0.656. The summed E-state index contributed by atoms with van der Waals surface area (Å²) < 4.78 is 5.23. The van der Waals surface area contributed by atoms with Crippen LogP contribution in [0.3, 0.4) is 0 Å². The van der Waals surface area contributed by atoms with Crippen molar-refractivity contribution in [2.45, 2.75) is 45.3 Å². The van der Waals surface area contributed by atoms with Crippen LogP contribution in [0.15, 0.2) is 0 Å². The zero-order chi connectivity index (χ0) is 11.7. The second-order valence-corrected chi connectivity index (χ2v) is 5.68. The van der Waals surface area contributed by atoms with Crippen LogP contribution in [0.4, 0.5) is 4.79 Å². The van der Waals surface area contributed by atoms with Gasteiger partial charge in [-0.25, -0.2) is 4.79 Å². The fourth-order valence-electron chi connectivity index (χ4n) is 1.84. The molecule has 1 fully saturated rings. The molecule has 0 bridgehead atoms. The van der Waals surface area contributed by atoms with Gasteiger partial charge >= 0.3 is 6.09 Å². The van der Waals surface area contributed by atoms with E-state index in [1.165, 1.54) is 0 Å². The Morgan fingerprint density at radius 1 is 1.47 bits per heavy atom. The second-order valence-electron chi connectivity index (χ2n) is 5.68. The number of rotatable bonds is 1.